The van der Waals surface area contributed by atoms with Crippen LogP contribution in [0, 0.1) is 30.1 Å². The number of fused-ring (bicyclic) bond motifs is 1. The summed E-state index contributed by atoms with van der Waals surface area (Å²) in [5.74, 6) is 2.70. The molecule has 0 unspecified atom stereocenters. The molecular weight excluding hydrogens is 392 g/mol. The first kappa shape index (κ1) is 20.0. The standard InChI is InChI=1S/C29H32N2O/c1-18-6-5-7-23(10-18)27-14-25(24-8-3-4-9-26(24)31-27)28(32)30-19(2)29-15-20-11-21(16-29)13-22(12-20)17-29/h3-10,14,19-22H,11-13,15-17H2,1-2H3,(H,30,32)/t19-,20?,21?,22?,29?/m1/s1. The highest BCUT2D eigenvalue weighted by Gasteiger charge is 2.53. The molecule has 0 saturated heterocycles. The third kappa shape index (κ3) is 3.34. The number of para-hydroxylation sites is 1. The van der Waals surface area contributed by atoms with E-state index < -0.39 is 0 Å². The van der Waals surface area contributed by atoms with Gasteiger partial charge >= 0.3 is 0 Å². The molecule has 0 aliphatic heterocycles. The van der Waals surface area contributed by atoms with Crippen LogP contribution in [-0.4, -0.2) is 16.9 Å². The van der Waals surface area contributed by atoms with E-state index in [9.17, 15) is 4.79 Å². The maximum absolute atomic E-state index is 13.7. The van der Waals surface area contributed by atoms with Crippen molar-refractivity contribution in [1.29, 1.82) is 0 Å². The highest BCUT2D eigenvalue weighted by molar-refractivity contribution is 6.07. The summed E-state index contributed by atoms with van der Waals surface area (Å²) < 4.78 is 0. The summed E-state index contributed by atoms with van der Waals surface area (Å²) in [7, 11) is 0. The van der Waals surface area contributed by atoms with E-state index in [1.165, 1.54) is 44.1 Å². The van der Waals surface area contributed by atoms with Gasteiger partial charge in [0, 0.05) is 17.0 Å². The highest BCUT2D eigenvalue weighted by Crippen LogP contribution is 2.61. The van der Waals surface area contributed by atoms with Crippen molar-refractivity contribution in [1.82, 2.24) is 10.3 Å². The minimum atomic E-state index is 0.0424. The van der Waals surface area contributed by atoms with Gasteiger partial charge in [0.1, 0.15) is 0 Å². The molecule has 3 nitrogen and oxygen atoms in total. The van der Waals surface area contributed by atoms with E-state index in [0.717, 1.165) is 45.5 Å². The van der Waals surface area contributed by atoms with Gasteiger partial charge in [-0.1, -0.05) is 42.0 Å². The number of carbonyl (C=O) groups is 1. The number of benzene rings is 2. The Balaban J connectivity index is 1.34. The molecule has 4 fully saturated rings. The first-order chi connectivity index (χ1) is 15.5. The molecule has 1 N–H and O–H groups in total. The van der Waals surface area contributed by atoms with Crippen LogP contribution >= 0.6 is 0 Å². The third-order valence-electron chi connectivity index (χ3n) is 8.63. The zero-order chi connectivity index (χ0) is 21.9. The fraction of sp³-hybridized carbons (Fsp3) is 0.448. The van der Waals surface area contributed by atoms with Crippen LogP contribution in [0.5, 0.6) is 0 Å². The lowest BCUT2D eigenvalue weighted by Crippen LogP contribution is -2.55. The predicted octanol–water partition coefficient (Wildman–Crippen LogP) is 6.54. The molecule has 0 radical (unpaired) electrons. The van der Waals surface area contributed by atoms with Gasteiger partial charge in [0.05, 0.1) is 16.8 Å². The summed E-state index contributed by atoms with van der Waals surface area (Å²) in [6.45, 7) is 4.35. The number of hydrogen-bond donors (Lipinski definition) is 1. The van der Waals surface area contributed by atoms with Gasteiger partial charge in [0.25, 0.3) is 5.91 Å². The molecule has 1 heterocycles. The molecule has 1 aromatic heterocycles. The SMILES string of the molecule is Cc1cccc(-c2cc(C(=O)N[C@H](C)C34CC5CC(CC(C5)C3)C4)c3ccccc3n2)c1. The minimum absolute atomic E-state index is 0.0424. The smallest absolute Gasteiger partial charge is 0.252 e. The van der Waals surface area contributed by atoms with E-state index in [-0.39, 0.29) is 11.9 Å². The summed E-state index contributed by atoms with van der Waals surface area (Å²) in [5.41, 5.74) is 5.02. The fourth-order valence-electron chi connectivity index (χ4n) is 7.45. The van der Waals surface area contributed by atoms with E-state index in [4.69, 9.17) is 4.98 Å². The van der Waals surface area contributed by atoms with Gasteiger partial charge < -0.3 is 5.32 Å². The molecule has 32 heavy (non-hydrogen) atoms. The largest absolute Gasteiger partial charge is 0.349 e. The maximum Gasteiger partial charge on any atom is 0.252 e. The Labute approximate surface area is 190 Å². The monoisotopic (exact) mass is 424 g/mol. The molecule has 1 amide bonds. The van der Waals surface area contributed by atoms with E-state index in [2.05, 4.69) is 43.4 Å². The molecule has 2 aromatic carbocycles. The summed E-state index contributed by atoms with van der Waals surface area (Å²) in [6, 6.07) is 18.6. The molecule has 4 bridgehead atoms. The van der Waals surface area contributed by atoms with Crippen LogP contribution in [0.25, 0.3) is 22.2 Å². The topological polar surface area (TPSA) is 42.0 Å². The predicted molar refractivity (Wildman–Crippen MR) is 129 cm³/mol. The second-order valence-corrected chi connectivity index (χ2v) is 10.9. The molecular formula is C29H32N2O. The first-order valence-corrected chi connectivity index (χ1v) is 12.3. The highest BCUT2D eigenvalue weighted by atomic mass is 16.1. The van der Waals surface area contributed by atoms with Crippen LogP contribution in [0.4, 0.5) is 0 Å². The number of carbonyl (C=O) groups excluding carboxylic acids is 1. The van der Waals surface area contributed by atoms with Gasteiger partial charge in [-0.2, -0.15) is 0 Å². The van der Waals surface area contributed by atoms with Crippen molar-refractivity contribution < 1.29 is 4.79 Å². The molecule has 3 heteroatoms. The Hall–Kier alpha value is -2.68. The molecule has 4 aliphatic rings. The lowest BCUT2D eigenvalue weighted by atomic mass is 9.48. The Morgan fingerprint density at radius 1 is 0.969 bits per heavy atom. The van der Waals surface area contributed by atoms with Gasteiger partial charge in [-0.05, 0) is 93.7 Å². The first-order valence-electron chi connectivity index (χ1n) is 12.3. The van der Waals surface area contributed by atoms with Crippen LogP contribution in [0.1, 0.15) is 61.4 Å². The van der Waals surface area contributed by atoms with Gasteiger partial charge in [0.2, 0.25) is 0 Å². The normalized spacial score (nSPS) is 29.2. The Morgan fingerprint density at radius 3 is 2.34 bits per heavy atom. The summed E-state index contributed by atoms with van der Waals surface area (Å²) >= 11 is 0. The number of aromatic nitrogens is 1. The van der Waals surface area contributed by atoms with E-state index in [0.29, 0.717) is 5.41 Å². The van der Waals surface area contributed by atoms with Crippen molar-refractivity contribution in [3.8, 4) is 11.3 Å². The lowest BCUT2D eigenvalue weighted by molar-refractivity contribution is -0.0687. The van der Waals surface area contributed by atoms with Crippen LogP contribution in [-0.2, 0) is 0 Å². The van der Waals surface area contributed by atoms with Crippen molar-refractivity contribution >= 4 is 16.8 Å². The third-order valence-corrected chi connectivity index (χ3v) is 8.63. The summed E-state index contributed by atoms with van der Waals surface area (Å²) in [6.07, 6.45) is 8.17. The van der Waals surface area contributed by atoms with Gasteiger partial charge in [-0.25, -0.2) is 4.98 Å². The number of hydrogen-bond acceptors (Lipinski definition) is 2. The Morgan fingerprint density at radius 2 is 1.66 bits per heavy atom. The van der Waals surface area contributed by atoms with Crippen molar-refractivity contribution in [2.24, 2.45) is 23.2 Å². The number of nitrogens with zero attached hydrogens (tertiary/aromatic N) is 1. The van der Waals surface area contributed by atoms with E-state index in [1.807, 2.05) is 30.3 Å². The van der Waals surface area contributed by atoms with Gasteiger partial charge in [0.15, 0.2) is 0 Å². The second kappa shape index (κ2) is 7.43. The average molecular weight is 425 g/mol. The van der Waals surface area contributed by atoms with Crippen LogP contribution in [0.2, 0.25) is 0 Å². The molecule has 4 aliphatic carbocycles. The van der Waals surface area contributed by atoms with E-state index in [1.54, 1.807) is 0 Å². The quantitative estimate of drug-likeness (QED) is 0.516. The van der Waals surface area contributed by atoms with Crippen molar-refractivity contribution in [3.05, 3.63) is 65.7 Å². The average Bonchev–Trinajstić information content (AvgIpc) is 2.77. The zero-order valence-electron chi connectivity index (χ0n) is 19.1. The van der Waals surface area contributed by atoms with E-state index >= 15 is 0 Å². The maximum atomic E-state index is 13.7. The Kier molecular flexibility index (Phi) is 4.64. The van der Waals surface area contributed by atoms with Crippen LogP contribution in [0.3, 0.4) is 0 Å². The van der Waals surface area contributed by atoms with Crippen molar-refractivity contribution in [2.75, 3.05) is 0 Å². The number of pyridine rings is 1. The number of aryl methyl sites for hydroxylation is 1. The van der Waals surface area contributed by atoms with Crippen molar-refractivity contribution in [3.63, 3.8) is 0 Å². The molecule has 0 spiro atoms. The number of amides is 1. The summed E-state index contributed by atoms with van der Waals surface area (Å²) in [4.78, 5) is 18.6. The Bertz CT molecular complexity index is 1160. The van der Waals surface area contributed by atoms with Gasteiger partial charge in [-0.15, -0.1) is 0 Å². The van der Waals surface area contributed by atoms with Crippen molar-refractivity contribution in [2.45, 2.75) is 58.4 Å². The molecule has 4 saturated carbocycles. The zero-order valence-corrected chi connectivity index (χ0v) is 19.1. The second-order valence-electron chi connectivity index (χ2n) is 10.9. The summed E-state index contributed by atoms with van der Waals surface area (Å²) in [5, 5.41) is 4.40. The molecule has 7 rings (SSSR count). The molecule has 3 aromatic rings. The number of rotatable bonds is 4. The number of nitrogens with one attached hydrogen (secondary N) is 1. The fourth-order valence-corrected chi connectivity index (χ4v) is 7.45. The minimum Gasteiger partial charge on any atom is -0.349 e. The van der Waals surface area contributed by atoms with Gasteiger partial charge in [-0.3, -0.25) is 4.79 Å². The van der Waals surface area contributed by atoms with Crippen LogP contribution in [0.15, 0.2) is 54.6 Å². The molecule has 1 atom stereocenters. The van der Waals surface area contributed by atoms with Crippen LogP contribution < -0.4 is 5.32 Å². The molecule has 164 valence electrons. The lowest BCUT2D eigenvalue weighted by Gasteiger charge is -2.59.